The van der Waals surface area contributed by atoms with Crippen molar-refractivity contribution in [2.75, 3.05) is 6.61 Å². The van der Waals surface area contributed by atoms with Gasteiger partial charge in [-0.2, -0.15) is 0 Å². The fourth-order valence-electron chi connectivity index (χ4n) is 3.47. The van der Waals surface area contributed by atoms with Crippen molar-refractivity contribution in [3.63, 3.8) is 0 Å². The lowest BCUT2D eigenvalue weighted by molar-refractivity contribution is -0.181. The first kappa shape index (κ1) is 15.7. The molecule has 2 N–H and O–H groups in total. The predicted octanol–water partition coefficient (Wildman–Crippen LogP) is 2.98. The molecular formula is C16H19ClFNO3. The van der Waals surface area contributed by atoms with Crippen LogP contribution in [0.5, 0.6) is 0 Å². The molecule has 2 aliphatic rings. The maximum absolute atomic E-state index is 13.3. The van der Waals surface area contributed by atoms with E-state index in [4.69, 9.17) is 21.4 Å². The molecule has 0 radical (unpaired) electrons. The summed E-state index contributed by atoms with van der Waals surface area (Å²) in [6, 6.07) is 4.76. The van der Waals surface area contributed by atoms with Gasteiger partial charge in [-0.15, -0.1) is 0 Å². The topological polar surface area (TPSA) is 58.6 Å². The standard InChI is InChI=1S/C16H19ClFNO3/c17-12-3-10(4-13(18)5-12)9-19-14-1-2-22-16(8-14)6-11(7-16)15(20)21/h3-5,11,14,19H,1-2,6-9H2,(H,20,21)/t11?,14-,16?/m0/s1. The zero-order valence-corrected chi connectivity index (χ0v) is 12.9. The van der Waals surface area contributed by atoms with E-state index in [1.807, 2.05) is 0 Å². The quantitative estimate of drug-likeness (QED) is 0.892. The highest BCUT2D eigenvalue weighted by Crippen LogP contribution is 2.46. The van der Waals surface area contributed by atoms with Crippen molar-refractivity contribution < 1.29 is 19.0 Å². The Labute approximate surface area is 133 Å². The number of rotatable bonds is 4. The molecule has 1 aliphatic carbocycles. The Morgan fingerprint density at radius 1 is 1.41 bits per heavy atom. The highest BCUT2D eigenvalue weighted by molar-refractivity contribution is 6.30. The first-order chi connectivity index (χ1) is 10.5. The third-order valence-electron chi connectivity index (χ3n) is 4.60. The number of nitrogens with one attached hydrogen (secondary N) is 1. The van der Waals surface area contributed by atoms with Gasteiger partial charge in [0.15, 0.2) is 0 Å². The fraction of sp³-hybridized carbons (Fsp3) is 0.562. The molecule has 3 rings (SSSR count). The van der Waals surface area contributed by atoms with Gasteiger partial charge in [0.1, 0.15) is 5.82 Å². The van der Waals surface area contributed by atoms with Gasteiger partial charge in [0, 0.05) is 24.2 Å². The highest BCUT2D eigenvalue weighted by atomic mass is 35.5. The molecule has 1 atom stereocenters. The number of carboxylic acids is 1. The first-order valence-electron chi connectivity index (χ1n) is 7.51. The van der Waals surface area contributed by atoms with Crippen LogP contribution in [0.4, 0.5) is 4.39 Å². The second-order valence-electron chi connectivity index (χ2n) is 6.32. The third kappa shape index (κ3) is 3.42. The van der Waals surface area contributed by atoms with Gasteiger partial charge in [-0.1, -0.05) is 11.6 Å². The van der Waals surface area contributed by atoms with Gasteiger partial charge >= 0.3 is 5.97 Å². The Bertz CT molecular complexity index is 554. The third-order valence-corrected chi connectivity index (χ3v) is 4.81. The Kier molecular flexibility index (Phi) is 4.39. The number of aliphatic carboxylic acids is 1. The molecule has 1 saturated carbocycles. The maximum Gasteiger partial charge on any atom is 0.306 e. The van der Waals surface area contributed by atoms with Crippen molar-refractivity contribution in [2.45, 2.75) is 43.9 Å². The molecule has 2 fully saturated rings. The molecule has 0 bridgehead atoms. The lowest BCUT2D eigenvalue weighted by atomic mass is 9.66. The van der Waals surface area contributed by atoms with E-state index >= 15 is 0 Å². The van der Waals surface area contributed by atoms with Crippen LogP contribution < -0.4 is 5.32 Å². The van der Waals surface area contributed by atoms with Crippen LogP contribution in [0.2, 0.25) is 5.02 Å². The molecule has 1 aromatic rings. The number of carbonyl (C=O) groups is 1. The molecule has 1 saturated heterocycles. The summed E-state index contributed by atoms with van der Waals surface area (Å²) in [5, 5.41) is 12.8. The number of carboxylic acid groups (broad SMARTS) is 1. The van der Waals surface area contributed by atoms with Crippen molar-refractivity contribution in [3.8, 4) is 0 Å². The maximum atomic E-state index is 13.3. The second kappa shape index (κ2) is 6.14. The van der Waals surface area contributed by atoms with Gasteiger partial charge in [0.25, 0.3) is 0 Å². The average molecular weight is 328 g/mol. The predicted molar refractivity (Wildman–Crippen MR) is 80.3 cm³/mol. The summed E-state index contributed by atoms with van der Waals surface area (Å²) in [5.41, 5.74) is 0.529. The van der Waals surface area contributed by atoms with E-state index in [2.05, 4.69) is 5.32 Å². The van der Waals surface area contributed by atoms with Crippen molar-refractivity contribution in [1.82, 2.24) is 5.32 Å². The first-order valence-corrected chi connectivity index (χ1v) is 7.89. The molecule has 0 amide bonds. The van der Waals surface area contributed by atoms with E-state index in [9.17, 15) is 9.18 Å². The van der Waals surface area contributed by atoms with E-state index in [1.54, 1.807) is 6.07 Å². The van der Waals surface area contributed by atoms with Crippen LogP contribution in [0.15, 0.2) is 18.2 Å². The summed E-state index contributed by atoms with van der Waals surface area (Å²) >= 11 is 5.85. The molecule has 120 valence electrons. The monoisotopic (exact) mass is 327 g/mol. The number of hydrogen-bond acceptors (Lipinski definition) is 3. The summed E-state index contributed by atoms with van der Waals surface area (Å²) < 4.78 is 19.1. The van der Waals surface area contributed by atoms with Crippen LogP contribution in [-0.2, 0) is 16.1 Å². The van der Waals surface area contributed by atoms with Crippen molar-refractivity contribution in [3.05, 3.63) is 34.6 Å². The Morgan fingerprint density at radius 3 is 2.86 bits per heavy atom. The molecule has 1 heterocycles. The van der Waals surface area contributed by atoms with E-state index < -0.39 is 5.97 Å². The number of hydrogen-bond donors (Lipinski definition) is 2. The Hall–Kier alpha value is -1.17. The zero-order valence-electron chi connectivity index (χ0n) is 12.1. The van der Waals surface area contributed by atoms with Crippen molar-refractivity contribution in [2.24, 2.45) is 5.92 Å². The summed E-state index contributed by atoms with van der Waals surface area (Å²) in [5.74, 6) is -1.35. The SMILES string of the molecule is O=C(O)C1CC2(C1)C[C@@H](NCc1cc(F)cc(Cl)c1)CCO2. The van der Waals surface area contributed by atoms with Crippen LogP contribution >= 0.6 is 11.6 Å². The summed E-state index contributed by atoms with van der Waals surface area (Å²) in [4.78, 5) is 10.9. The molecule has 1 spiro atoms. The normalized spacial score (nSPS) is 31.0. The van der Waals surface area contributed by atoms with Gasteiger partial charge < -0.3 is 15.2 Å². The molecule has 22 heavy (non-hydrogen) atoms. The van der Waals surface area contributed by atoms with Crippen molar-refractivity contribution >= 4 is 17.6 Å². The van der Waals surface area contributed by atoms with Crippen LogP contribution in [0, 0.1) is 11.7 Å². The Morgan fingerprint density at radius 2 is 2.18 bits per heavy atom. The minimum absolute atomic E-state index is 0.255. The van der Waals surface area contributed by atoms with E-state index in [-0.39, 0.29) is 23.4 Å². The molecule has 1 aliphatic heterocycles. The second-order valence-corrected chi connectivity index (χ2v) is 6.76. The largest absolute Gasteiger partial charge is 0.481 e. The average Bonchev–Trinajstić information content (AvgIpc) is 2.41. The molecule has 6 heteroatoms. The van der Waals surface area contributed by atoms with Crippen LogP contribution in [0.3, 0.4) is 0 Å². The molecule has 4 nitrogen and oxygen atoms in total. The van der Waals surface area contributed by atoms with Gasteiger partial charge in [0.05, 0.1) is 11.5 Å². The summed E-state index contributed by atoms with van der Waals surface area (Å²) in [7, 11) is 0. The number of ether oxygens (including phenoxy) is 1. The smallest absolute Gasteiger partial charge is 0.306 e. The van der Waals surface area contributed by atoms with Crippen LogP contribution in [-0.4, -0.2) is 29.3 Å². The van der Waals surface area contributed by atoms with Gasteiger partial charge in [-0.05, 0) is 49.4 Å². The molecule has 0 aromatic heterocycles. The van der Waals surface area contributed by atoms with Gasteiger partial charge in [0.2, 0.25) is 0 Å². The van der Waals surface area contributed by atoms with E-state index in [0.717, 1.165) is 18.4 Å². The number of halogens is 2. The lowest BCUT2D eigenvalue weighted by Gasteiger charge is -2.50. The number of benzene rings is 1. The highest BCUT2D eigenvalue weighted by Gasteiger charge is 2.50. The minimum Gasteiger partial charge on any atom is -0.481 e. The van der Waals surface area contributed by atoms with Crippen LogP contribution in [0.25, 0.3) is 0 Å². The minimum atomic E-state index is -0.737. The zero-order chi connectivity index (χ0) is 15.7. The summed E-state index contributed by atoms with van der Waals surface area (Å²) in [6.45, 7) is 1.18. The molecule has 0 unspecified atom stereocenters. The van der Waals surface area contributed by atoms with Crippen molar-refractivity contribution in [1.29, 1.82) is 0 Å². The fourth-order valence-corrected chi connectivity index (χ4v) is 3.72. The van der Waals surface area contributed by atoms with E-state index in [0.29, 0.717) is 31.0 Å². The lowest BCUT2D eigenvalue weighted by Crippen LogP contribution is -2.55. The van der Waals surface area contributed by atoms with Gasteiger partial charge in [-0.25, -0.2) is 4.39 Å². The summed E-state index contributed by atoms with van der Waals surface area (Å²) in [6.07, 6.45) is 2.86. The van der Waals surface area contributed by atoms with Crippen LogP contribution in [0.1, 0.15) is 31.2 Å². The van der Waals surface area contributed by atoms with Gasteiger partial charge in [-0.3, -0.25) is 4.79 Å². The Balaban J connectivity index is 1.54. The molecule has 1 aromatic carbocycles. The van der Waals surface area contributed by atoms with E-state index in [1.165, 1.54) is 12.1 Å². The molecular weight excluding hydrogens is 309 g/mol.